The highest BCUT2D eigenvalue weighted by Crippen LogP contribution is 2.34. The van der Waals surface area contributed by atoms with E-state index in [-0.39, 0.29) is 0 Å². The van der Waals surface area contributed by atoms with Crippen LogP contribution >= 0.6 is 23.1 Å². The average Bonchev–Trinajstić information content (AvgIpc) is 2.55. The first-order valence-corrected chi connectivity index (χ1v) is 5.72. The van der Waals surface area contributed by atoms with Gasteiger partial charge in [0.05, 0.1) is 14.4 Å². The number of nitrogens with zero attached hydrogens (tertiary/aromatic N) is 2. The molecular formula is C9H6N2S2. The summed E-state index contributed by atoms with van der Waals surface area (Å²) in [6.45, 7) is 0. The van der Waals surface area contributed by atoms with Crippen molar-refractivity contribution in [2.24, 2.45) is 0 Å². The van der Waals surface area contributed by atoms with Crippen molar-refractivity contribution in [2.45, 2.75) is 4.21 Å². The van der Waals surface area contributed by atoms with Crippen LogP contribution in [0.15, 0.2) is 22.5 Å². The second-order valence-corrected chi connectivity index (χ2v) is 4.56. The maximum atomic E-state index is 8.94. The van der Waals surface area contributed by atoms with Crippen LogP contribution in [0.25, 0.3) is 10.2 Å². The first-order chi connectivity index (χ1) is 6.36. The van der Waals surface area contributed by atoms with Crippen LogP contribution in [-0.4, -0.2) is 11.2 Å². The number of rotatable bonds is 1. The van der Waals surface area contributed by atoms with Gasteiger partial charge in [-0.15, -0.1) is 23.1 Å². The summed E-state index contributed by atoms with van der Waals surface area (Å²) in [5, 5.41) is 8.94. The normalized spacial score (nSPS) is 10.2. The summed E-state index contributed by atoms with van der Waals surface area (Å²) in [5.41, 5.74) is 1.55. The lowest BCUT2D eigenvalue weighted by Gasteiger charge is -1.87. The fraction of sp³-hybridized carbons (Fsp3) is 0.111. The van der Waals surface area contributed by atoms with Crippen LogP contribution in [0, 0.1) is 11.3 Å². The SMILES string of the molecule is CSc1sc2cccnc2c1C#N. The van der Waals surface area contributed by atoms with E-state index < -0.39 is 0 Å². The third-order valence-corrected chi connectivity index (χ3v) is 3.98. The highest BCUT2D eigenvalue weighted by molar-refractivity contribution is 8.00. The van der Waals surface area contributed by atoms with E-state index in [1.807, 2.05) is 18.4 Å². The van der Waals surface area contributed by atoms with Gasteiger partial charge < -0.3 is 0 Å². The molecule has 2 aromatic heterocycles. The molecule has 0 bridgehead atoms. The molecule has 0 unspecified atom stereocenters. The van der Waals surface area contributed by atoms with Crippen LogP contribution in [0.3, 0.4) is 0 Å². The van der Waals surface area contributed by atoms with Crippen LogP contribution in [0.5, 0.6) is 0 Å². The van der Waals surface area contributed by atoms with Gasteiger partial charge in [-0.3, -0.25) is 4.98 Å². The van der Waals surface area contributed by atoms with E-state index in [2.05, 4.69) is 11.1 Å². The standard InChI is InChI=1S/C9H6N2S2/c1-12-9-6(5-10)8-7(13-9)3-2-4-11-8/h2-4H,1H3. The molecule has 0 radical (unpaired) electrons. The Bertz CT molecular complexity index is 482. The Labute approximate surface area is 84.2 Å². The van der Waals surface area contributed by atoms with Gasteiger partial charge in [-0.05, 0) is 18.4 Å². The molecule has 0 fully saturated rings. The monoisotopic (exact) mass is 206 g/mol. The summed E-state index contributed by atoms with van der Waals surface area (Å²) >= 11 is 3.23. The second kappa shape index (κ2) is 3.36. The van der Waals surface area contributed by atoms with Crippen molar-refractivity contribution in [1.29, 1.82) is 5.26 Å². The molecule has 0 saturated carbocycles. The molecule has 0 saturated heterocycles. The maximum Gasteiger partial charge on any atom is 0.104 e. The molecule has 13 heavy (non-hydrogen) atoms. The number of hydrogen-bond acceptors (Lipinski definition) is 4. The third-order valence-electron chi connectivity index (χ3n) is 1.71. The molecule has 2 nitrogen and oxygen atoms in total. The van der Waals surface area contributed by atoms with Gasteiger partial charge in [0, 0.05) is 6.20 Å². The van der Waals surface area contributed by atoms with Crippen molar-refractivity contribution in [2.75, 3.05) is 6.26 Å². The third kappa shape index (κ3) is 1.30. The predicted octanol–water partition coefficient (Wildman–Crippen LogP) is 2.89. The van der Waals surface area contributed by atoms with E-state index in [1.165, 1.54) is 0 Å². The Morgan fingerprint density at radius 2 is 2.46 bits per heavy atom. The van der Waals surface area contributed by atoms with Crippen LogP contribution in [0.2, 0.25) is 0 Å². The van der Waals surface area contributed by atoms with E-state index in [0.29, 0.717) is 5.56 Å². The highest BCUT2D eigenvalue weighted by Gasteiger charge is 2.10. The van der Waals surface area contributed by atoms with Crippen molar-refractivity contribution in [3.63, 3.8) is 0 Å². The summed E-state index contributed by atoms with van der Waals surface area (Å²) in [6, 6.07) is 6.08. The van der Waals surface area contributed by atoms with Gasteiger partial charge in [0.2, 0.25) is 0 Å². The quantitative estimate of drug-likeness (QED) is 0.673. The van der Waals surface area contributed by atoms with Crippen LogP contribution in [0.4, 0.5) is 0 Å². The van der Waals surface area contributed by atoms with Crippen molar-refractivity contribution in [3.05, 3.63) is 23.9 Å². The van der Waals surface area contributed by atoms with E-state index in [0.717, 1.165) is 14.4 Å². The van der Waals surface area contributed by atoms with Crippen molar-refractivity contribution >= 4 is 33.3 Å². The molecule has 0 aliphatic rings. The minimum Gasteiger partial charge on any atom is -0.254 e. The molecule has 4 heteroatoms. The zero-order chi connectivity index (χ0) is 9.26. The van der Waals surface area contributed by atoms with Gasteiger partial charge in [0.15, 0.2) is 0 Å². The lowest BCUT2D eigenvalue weighted by atomic mass is 10.3. The molecule has 0 atom stereocenters. The van der Waals surface area contributed by atoms with Crippen LogP contribution in [0.1, 0.15) is 5.56 Å². The molecule has 2 aromatic rings. The first-order valence-electron chi connectivity index (χ1n) is 3.68. The van der Waals surface area contributed by atoms with Crippen LogP contribution < -0.4 is 0 Å². The Morgan fingerprint density at radius 3 is 3.15 bits per heavy atom. The fourth-order valence-electron chi connectivity index (χ4n) is 1.15. The largest absolute Gasteiger partial charge is 0.254 e. The molecule has 0 spiro atoms. The molecule has 0 amide bonds. The molecule has 64 valence electrons. The van der Waals surface area contributed by atoms with E-state index >= 15 is 0 Å². The Kier molecular flexibility index (Phi) is 2.21. The summed E-state index contributed by atoms with van der Waals surface area (Å²) in [5.74, 6) is 0. The molecular weight excluding hydrogens is 200 g/mol. The van der Waals surface area contributed by atoms with Crippen molar-refractivity contribution in [3.8, 4) is 6.07 Å². The Morgan fingerprint density at radius 1 is 1.62 bits per heavy atom. The number of nitriles is 1. The molecule has 2 heterocycles. The zero-order valence-electron chi connectivity index (χ0n) is 6.94. The van der Waals surface area contributed by atoms with Gasteiger partial charge in [-0.2, -0.15) is 5.26 Å². The van der Waals surface area contributed by atoms with Crippen molar-refractivity contribution in [1.82, 2.24) is 4.98 Å². The minimum atomic E-state index is 0.716. The highest BCUT2D eigenvalue weighted by atomic mass is 32.2. The number of pyridine rings is 1. The Hall–Kier alpha value is -1.05. The number of aromatic nitrogens is 1. The van der Waals surface area contributed by atoms with Gasteiger partial charge >= 0.3 is 0 Å². The zero-order valence-corrected chi connectivity index (χ0v) is 8.58. The second-order valence-electron chi connectivity index (χ2n) is 2.43. The molecule has 0 aliphatic heterocycles. The molecule has 2 rings (SSSR count). The summed E-state index contributed by atoms with van der Waals surface area (Å²) < 4.78 is 2.14. The smallest absolute Gasteiger partial charge is 0.104 e. The summed E-state index contributed by atoms with van der Waals surface area (Å²) in [4.78, 5) is 4.20. The lowest BCUT2D eigenvalue weighted by Crippen LogP contribution is -1.75. The minimum absolute atomic E-state index is 0.716. The van der Waals surface area contributed by atoms with Gasteiger partial charge in [-0.1, -0.05) is 0 Å². The predicted molar refractivity (Wildman–Crippen MR) is 56.1 cm³/mol. The molecule has 0 aliphatic carbocycles. The Balaban J connectivity index is 2.83. The van der Waals surface area contributed by atoms with Gasteiger partial charge in [-0.25, -0.2) is 0 Å². The van der Waals surface area contributed by atoms with E-state index in [9.17, 15) is 0 Å². The summed E-state index contributed by atoms with van der Waals surface area (Å²) in [6.07, 6.45) is 3.70. The topological polar surface area (TPSA) is 36.7 Å². The number of fused-ring (bicyclic) bond motifs is 1. The summed E-state index contributed by atoms with van der Waals surface area (Å²) in [7, 11) is 0. The van der Waals surface area contributed by atoms with Gasteiger partial charge in [0.1, 0.15) is 11.6 Å². The van der Waals surface area contributed by atoms with Crippen LogP contribution in [-0.2, 0) is 0 Å². The average molecular weight is 206 g/mol. The number of thiophene rings is 1. The fourth-order valence-corrected chi connectivity index (χ4v) is 2.94. The first kappa shape index (κ1) is 8.54. The maximum absolute atomic E-state index is 8.94. The number of hydrogen-bond donors (Lipinski definition) is 0. The van der Waals surface area contributed by atoms with Gasteiger partial charge in [0.25, 0.3) is 0 Å². The van der Waals surface area contributed by atoms with Crippen molar-refractivity contribution < 1.29 is 0 Å². The molecule has 0 aromatic carbocycles. The molecule has 0 N–H and O–H groups in total. The lowest BCUT2D eigenvalue weighted by molar-refractivity contribution is 1.39. The number of thioether (sulfide) groups is 1. The van der Waals surface area contributed by atoms with E-state index in [1.54, 1.807) is 29.3 Å². The van der Waals surface area contributed by atoms with E-state index in [4.69, 9.17) is 5.26 Å².